The smallest absolute Gasteiger partial charge is 0.326 e. The van der Waals surface area contributed by atoms with E-state index in [0.717, 1.165) is 6.42 Å². The van der Waals surface area contributed by atoms with Crippen molar-refractivity contribution in [2.24, 2.45) is 11.8 Å². The normalized spacial score (nSPS) is 14.8. The van der Waals surface area contributed by atoms with E-state index in [4.69, 9.17) is 9.84 Å². The van der Waals surface area contributed by atoms with E-state index in [2.05, 4.69) is 19.2 Å². The molecule has 0 aliphatic rings. The van der Waals surface area contributed by atoms with Gasteiger partial charge in [0.05, 0.1) is 5.60 Å². The van der Waals surface area contributed by atoms with E-state index >= 15 is 0 Å². The van der Waals surface area contributed by atoms with Gasteiger partial charge in [-0.25, -0.2) is 4.79 Å². The van der Waals surface area contributed by atoms with Crippen LogP contribution in [0.4, 0.5) is 0 Å². The molecule has 0 bridgehead atoms. The molecule has 2 N–H and O–H groups in total. The van der Waals surface area contributed by atoms with Gasteiger partial charge in [-0.15, -0.1) is 0 Å². The summed E-state index contributed by atoms with van der Waals surface area (Å²) in [4.78, 5) is 23.1. The van der Waals surface area contributed by atoms with E-state index < -0.39 is 12.0 Å². The molecule has 0 fully saturated rings. The maximum atomic E-state index is 11.9. The van der Waals surface area contributed by atoms with Crippen LogP contribution in [-0.2, 0) is 14.3 Å². The highest BCUT2D eigenvalue weighted by Gasteiger charge is 2.22. The third-order valence-electron chi connectivity index (χ3n) is 2.98. The molecular weight excluding hydrogens is 270 g/mol. The minimum Gasteiger partial charge on any atom is -0.480 e. The molecule has 0 aromatic heterocycles. The number of carboxylic acid groups (broad SMARTS) is 1. The van der Waals surface area contributed by atoms with Crippen molar-refractivity contribution in [1.82, 2.24) is 5.32 Å². The number of carbonyl (C=O) groups excluding carboxylic acids is 1. The molecule has 0 rings (SSSR count). The Labute approximate surface area is 128 Å². The molecule has 2 atom stereocenters. The van der Waals surface area contributed by atoms with Crippen LogP contribution < -0.4 is 5.32 Å². The van der Waals surface area contributed by atoms with Gasteiger partial charge in [0.15, 0.2) is 0 Å². The number of hydrogen-bond acceptors (Lipinski definition) is 3. The lowest BCUT2D eigenvalue weighted by Gasteiger charge is -2.22. The largest absolute Gasteiger partial charge is 0.480 e. The highest BCUT2D eigenvalue weighted by atomic mass is 16.5. The third-order valence-corrected chi connectivity index (χ3v) is 2.98. The van der Waals surface area contributed by atoms with Crippen LogP contribution in [0, 0.1) is 11.8 Å². The molecule has 0 spiro atoms. The molecule has 0 saturated heterocycles. The van der Waals surface area contributed by atoms with Crippen LogP contribution in [0.15, 0.2) is 0 Å². The van der Waals surface area contributed by atoms with Crippen molar-refractivity contribution in [2.45, 2.75) is 72.4 Å². The standard InChI is InChI=1S/C16H31NO4/c1-11(2)9-12(3)10-14(18)17-13(15(19)20)7-8-21-16(4,5)6/h11-13H,7-10H2,1-6H3,(H,17,18)(H,19,20). The lowest BCUT2D eigenvalue weighted by Crippen LogP contribution is -2.42. The van der Waals surface area contributed by atoms with E-state index in [1.807, 2.05) is 27.7 Å². The first kappa shape index (κ1) is 19.9. The molecule has 0 heterocycles. The second-order valence-electron chi connectivity index (χ2n) is 7.15. The minimum absolute atomic E-state index is 0.202. The topological polar surface area (TPSA) is 75.6 Å². The highest BCUT2D eigenvalue weighted by molar-refractivity contribution is 5.83. The average molecular weight is 301 g/mol. The number of aliphatic carboxylic acids is 1. The van der Waals surface area contributed by atoms with Gasteiger partial charge in [0.25, 0.3) is 0 Å². The molecule has 1 amide bonds. The van der Waals surface area contributed by atoms with Crippen molar-refractivity contribution in [2.75, 3.05) is 6.61 Å². The molecule has 0 aromatic rings. The Balaban J connectivity index is 4.25. The summed E-state index contributed by atoms with van der Waals surface area (Å²) in [6, 6.07) is -0.883. The first-order valence-corrected chi connectivity index (χ1v) is 7.67. The van der Waals surface area contributed by atoms with Gasteiger partial charge in [-0.05, 0) is 39.0 Å². The molecule has 21 heavy (non-hydrogen) atoms. The molecule has 2 unspecified atom stereocenters. The van der Waals surface area contributed by atoms with Gasteiger partial charge in [-0.1, -0.05) is 20.8 Å². The summed E-state index contributed by atoms with van der Waals surface area (Å²) in [6.45, 7) is 12.3. The summed E-state index contributed by atoms with van der Waals surface area (Å²) >= 11 is 0. The maximum Gasteiger partial charge on any atom is 0.326 e. The van der Waals surface area contributed by atoms with E-state index in [9.17, 15) is 9.59 Å². The Morgan fingerprint density at radius 2 is 1.76 bits per heavy atom. The van der Waals surface area contributed by atoms with Gasteiger partial charge >= 0.3 is 5.97 Å². The lowest BCUT2D eigenvalue weighted by atomic mass is 9.95. The van der Waals surface area contributed by atoms with E-state index in [0.29, 0.717) is 18.9 Å². The van der Waals surface area contributed by atoms with Crippen molar-refractivity contribution in [3.63, 3.8) is 0 Å². The fraction of sp³-hybridized carbons (Fsp3) is 0.875. The van der Waals surface area contributed by atoms with Crippen molar-refractivity contribution < 1.29 is 19.4 Å². The second-order valence-corrected chi connectivity index (χ2v) is 7.15. The second kappa shape index (κ2) is 9.03. The van der Waals surface area contributed by atoms with Crippen LogP contribution >= 0.6 is 0 Å². The van der Waals surface area contributed by atoms with Gasteiger partial charge in [-0.3, -0.25) is 4.79 Å². The molecule has 5 nitrogen and oxygen atoms in total. The Kier molecular flexibility index (Phi) is 8.55. The van der Waals surface area contributed by atoms with Crippen molar-refractivity contribution in [3.8, 4) is 0 Å². The number of amides is 1. The lowest BCUT2D eigenvalue weighted by molar-refractivity contribution is -0.143. The first-order chi connectivity index (χ1) is 9.51. The Hall–Kier alpha value is -1.10. The SMILES string of the molecule is CC(C)CC(C)CC(=O)NC(CCOC(C)(C)C)C(=O)O. The van der Waals surface area contributed by atoms with Crippen molar-refractivity contribution in [1.29, 1.82) is 0 Å². The Morgan fingerprint density at radius 1 is 1.19 bits per heavy atom. The number of nitrogens with one attached hydrogen (secondary N) is 1. The minimum atomic E-state index is -1.02. The molecule has 0 aliphatic heterocycles. The molecule has 0 radical (unpaired) electrons. The van der Waals surface area contributed by atoms with E-state index in [-0.39, 0.29) is 23.8 Å². The number of carboxylic acids is 1. The van der Waals surface area contributed by atoms with Crippen molar-refractivity contribution in [3.05, 3.63) is 0 Å². The number of hydrogen-bond donors (Lipinski definition) is 2. The highest BCUT2D eigenvalue weighted by Crippen LogP contribution is 2.14. The first-order valence-electron chi connectivity index (χ1n) is 7.67. The van der Waals surface area contributed by atoms with Crippen LogP contribution in [0.1, 0.15) is 60.8 Å². The zero-order valence-electron chi connectivity index (χ0n) is 14.2. The summed E-state index contributed by atoms with van der Waals surface area (Å²) in [5.41, 5.74) is -0.307. The Bertz CT molecular complexity index is 334. The predicted octanol–water partition coefficient (Wildman–Crippen LogP) is 2.83. The molecule has 0 aliphatic carbocycles. The summed E-state index contributed by atoms with van der Waals surface area (Å²) in [6.07, 6.45) is 1.59. The molecular formula is C16H31NO4. The fourth-order valence-electron chi connectivity index (χ4n) is 2.20. The molecule has 0 saturated carbocycles. The molecule has 0 aromatic carbocycles. The van der Waals surface area contributed by atoms with E-state index in [1.54, 1.807) is 0 Å². The molecule has 124 valence electrons. The zero-order chi connectivity index (χ0) is 16.6. The summed E-state index contributed by atoms with van der Waals surface area (Å²) in [5.74, 6) is -0.433. The van der Waals surface area contributed by atoms with Crippen molar-refractivity contribution >= 4 is 11.9 Å². The van der Waals surface area contributed by atoms with E-state index in [1.165, 1.54) is 0 Å². The number of rotatable bonds is 9. The summed E-state index contributed by atoms with van der Waals surface area (Å²) in [5, 5.41) is 11.7. The van der Waals surface area contributed by atoms with Gasteiger partial charge < -0.3 is 15.2 Å². The fourth-order valence-corrected chi connectivity index (χ4v) is 2.20. The average Bonchev–Trinajstić information content (AvgIpc) is 2.24. The number of ether oxygens (including phenoxy) is 1. The van der Waals surface area contributed by atoms with Crippen LogP contribution in [0.3, 0.4) is 0 Å². The van der Waals surface area contributed by atoms with Crippen LogP contribution in [0.25, 0.3) is 0 Å². The van der Waals surface area contributed by atoms with Gasteiger partial charge in [0, 0.05) is 19.4 Å². The van der Waals surface area contributed by atoms with Gasteiger partial charge in [-0.2, -0.15) is 0 Å². The zero-order valence-corrected chi connectivity index (χ0v) is 14.2. The van der Waals surface area contributed by atoms with Gasteiger partial charge in [0.2, 0.25) is 5.91 Å². The van der Waals surface area contributed by atoms with Crippen LogP contribution in [-0.4, -0.2) is 35.2 Å². The van der Waals surface area contributed by atoms with Gasteiger partial charge in [0.1, 0.15) is 6.04 Å². The van der Waals surface area contributed by atoms with Crippen LogP contribution in [0.5, 0.6) is 0 Å². The predicted molar refractivity (Wildman–Crippen MR) is 83.1 cm³/mol. The monoisotopic (exact) mass is 301 g/mol. The third kappa shape index (κ3) is 11.3. The summed E-state index contributed by atoms with van der Waals surface area (Å²) in [7, 11) is 0. The maximum absolute atomic E-state index is 11.9. The quantitative estimate of drug-likeness (QED) is 0.686. The Morgan fingerprint density at radius 3 is 2.19 bits per heavy atom. The molecule has 5 heteroatoms. The number of carbonyl (C=O) groups is 2. The summed E-state index contributed by atoms with van der Waals surface area (Å²) < 4.78 is 5.51. The van der Waals surface area contributed by atoms with Crippen LogP contribution in [0.2, 0.25) is 0 Å².